The molecule has 20 heavy (non-hydrogen) atoms. The van der Waals surface area contributed by atoms with Crippen LogP contribution in [0.1, 0.15) is 18.5 Å². The normalized spacial score (nSPS) is 12.6. The number of fused-ring (bicyclic) bond motifs is 1. The van der Waals surface area contributed by atoms with E-state index in [-0.39, 0.29) is 17.1 Å². The molecule has 0 fully saturated rings. The average molecular weight is 308 g/mol. The minimum absolute atomic E-state index is 0.184. The SMILES string of the molecule is CC(Nc1nc(Cl)nc2sccc12)c1ccccc1F. The maximum Gasteiger partial charge on any atom is 0.225 e. The van der Waals surface area contributed by atoms with Gasteiger partial charge in [0.25, 0.3) is 0 Å². The topological polar surface area (TPSA) is 37.8 Å². The summed E-state index contributed by atoms with van der Waals surface area (Å²) in [5.74, 6) is 0.381. The van der Waals surface area contributed by atoms with E-state index in [0.717, 1.165) is 10.2 Å². The van der Waals surface area contributed by atoms with Gasteiger partial charge in [0.1, 0.15) is 16.5 Å². The Morgan fingerprint density at radius 1 is 1.25 bits per heavy atom. The van der Waals surface area contributed by atoms with Crippen molar-refractivity contribution >= 4 is 39.0 Å². The summed E-state index contributed by atoms with van der Waals surface area (Å²) in [4.78, 5) is 9.16. The molecule has 1 atom stereocenters. The van der Waals surface area contributed by atoms with E-state index in [0.29, 0.717) is 11.4 Å². The van der Waals surface area contributed by atoms with Crippen LogP contribution in [0.2, 0.25) is 5.28 Å². The largest absolute Gasteiger partial charge is 0.363 e. The fourth-order valence-electron chi connectivity index (χ4n) is 2.05. The summed E-state index contributed by atoms with van der Waals surface area (Å²) in [5, 5.41) is 6.20. The van der Waals surface area contributed by atoms with Crippen LogP contribution >= 0.6 is 22.9 Å². The molecule has 2 heterocycles. The molecule has 0 spiro atoms. The van der Waals surface area contributed by atoms with Crippen molar-refractivity contribution in [1.29, 1.82) is 0 Å². The van der Waals surface area contributed by atoms with Gasteiger partial charge in [-0.25, -0.2) is 14.4 Å². The van der Waals surface area contributed by atoms with Crippen molar-refractivity contribution in [1.82, 2.24) is 9.97 Å². The van der Waals surface area contributed by atoms with E-state index in [1.807, 2.05) is 24.4 Å². The molecule has 6 heteroatoms. The molecule has 1 unspecified atom stereocenters. The predicted molar refractivity (Wildman–Crippen MR) is 80.9 cm³/mol. The lowest BCUT2D eigenvalue weighted by Crippen LogP contribution is -2.10. The standard InChI is InChI=1S/C14H11ClFN3S/c1-8(9-4-2-3-5-11(9)16)17-12-10-6-7-20-13(10)19-14(15)18-12/h2-8H,1H3,(H,17,18,19). The molecule has 1 aromatic carbocycles. The smallest absolute Gasteiger partial charge is 0.225 e. The Hall–Kier alpha value is -1.72. The second-order valence-electron chi connectivity index (χ2n) is 4.37. The quantitative estimate of drug-likeness (QED) is 0.715. The van der Waals surface area contributed by atoms with E-state index in [2.05, 4.69) is 15.3 Å². The second-order valence-corrected chi connectivity index (χ2v) is 5.60. The van der Waals surface area contributed by atoms with Crippen molar-refractivity contribution < 1.29 is 4.39 Å². The Bertz CT molecular complexity index is 759. The molecule has 102 valence electrons. The van der Waals surface area contributed by atoms with Gasteiger partial charge in [-0.1, -0.05) is 18.2 Å². The number of halogens is 2. The third kappa shape index (κ3) is 2.46. The summed E-state index contributed by atoms with van der Waals surface area (Å²) in [6, 6.07) is 8.38. The lowest BCUT2D eigenvalue weighted by molar-refractivity contribution is 0.600. The Morgan fingerprint density at radius 2 is 2.05 bits per heavy atom. The first-order valence-corrected chi connectivity index (χ1v) is 7.32. The zero-order valence-electron chi connectivity index (χ0n) is 10.6. The molecule has 3 rings (SSSR count). The van der Waals surface area contributed by atoms with Gasteiger partial charge < -0.3 is 5.32 Å². The van der Waals surface area contributed by atoms with Gasteiger partial charge in [-0.05, 0) is 36.0 Å². The van der Waals surface area contributed by atoms with Crippen LogP contribution in [0, 0.1) is 5.82 Å². The Morgan fingerprint density at radius 3 is 2.85 bits per heavy atom. The average Bonchev–Trinajstić information content (AvgIpc) is 2.87. The summed E-state index contributed by atoms with van der Waals surface area (Å²) in [6.07, 6.45) is 0. The highest BCUT2D eigenvalue weighted by molar-refractivity contribution is 7.16. The van der Waals surface area contributed by atoms with E-state index < -0.39 is 0 Å². The number of nitrogens with one attached hydrogen (secondary N) is 1. The van der Waals surface area contributed by atoms with Crippen molar-refractivity contribution in [2.75, 3.05) is 5.32 Å². The Balaban J connectivity index is 1.97. The van der Waals surface area contributed by atoms with Crippen molar-refractivity contribution in [2.45, 2.75) is 13.0 Å². The van der Waals surface area contributed by atoms with Gasteiger partial charge in [0.15, 0.2) is 0 Å². The van der Waals surface area contributed by atoms with Gasteiger partial charge in [0.05, 0.1) is 11.4 Å². The van der Waals surface area contributed by atoms with Gasteiger partial charge >= 0.3 is 0 Å². The minimum Gasteiger partial charge on any atom is -0.363 e. The number of hydrogen-bond donors (Lipinski definition) is 1. The number of aromatic nitrogens is 2. The molecule has 0 radical (unpaired) electrons. The van der Waals surface area contributed by atoms with Gasteiger partial charge in [-0.3, -0.25) is 0 Å². The van der Waals surface area contributed by atoms with Crippen molar-refractivity contribution in [3.63, 3.8) is 0 Å². The maximum atomic E-state index is 13.8. The monoisotopic (exact) mass is 307 g/mol. The number of rotatable bonds is 3. The predicted octanol–water partition coefficient (Wildman–Crippen LogP) is 4.66. The third-order valence-corrected chi connectivity index (χ3v) is 4.00. The lowest BCUT2D eigenvalue weighted by atomic mass is 10.1. The van der Waals surface area contributed by atoms with Crippen LogP contribution in [0.3, 0.4) is 0 Å². The number of hydrogen-bond acceptors (Lipinski definition) is 4. The molecule has 0 saturated carbocycles. The summed E-state index contributed by atoms with van der Waals surface area (Å²) in [7, 11) is 0. The van der Waals surface area contributed by atoms with Crippen molar-refractivity contribution in [3.05, 3.63) is 52.4 Å². The van der Waals surface area contributed by atoms with Crippen LogP contribution < -0.4 is 5.32 Å². The van der Waals surface area contributed by atoms with Crippen molar-refractivity contribution in [2.24, 2.45) is 0 Å². The molecule has 2 aromatic heterocycles. The second kappa shape index (κ2) is 5.34. The fraction of sp³-hybridized carbons (Fsp3) is 0.143. The van der Waals surface area contributed by atoms with Gasteiger partial charge in [-0.15, -0.1) is 11.3 Å². The van der Waals surface area contributed by atoms with E-state index in [4.69, 9.17) is 11.6 Å². The maximum absolute atomic E-state index is 13.8. The van der Waals surface area contributed by atoms with Crippen LogP contribution in [0.4, 0.5) is 10.2 Å². The first kappa shape index (κ1) is 13.3. The van der Waals surface area contributed by atoms with Gasteiger partial charge in [-0.2, -0.15) is 0 Å². The molecule has 0 aliphatic rings. The number of benzene rings is 1. The minimum atomic E-state index is -0.241. The fourth-order valence-corrected chi connectivity index (χ4v) is 3.03. The summed E-state index contributed by atoms with van der Waals surface area (Å²) < 4.78 is 13.8. The first-order valence-electron chi connectivity index (χ1n) is 6.07. The lowest BCUT2D eigenvalue weighted by Gasteiger charge is -2.16. The summed E-state index contributed by atoms with van der Waals surface area (Å²) in [6.45, 7) is 1.88. The molecule has 0 aliphatic carbocycles. The van der Waals surface area contributed by atoms with Crippen LogP contribution in [0.15, 0.2) is 35.7 Å². The molecule has 1 N–H and O–H groups in total. The van der Waals surface area contributed by atoms with Gasteiger partial charge in [0, 0.05) is 5.56 Å². The molecular formula is C14H11ClFN3S. The molecule has 0 aliphatic heterocycles. The zero-order chi connectivity index (χ0) is 14.1. The highest BCUT2D eigenvalue weighted by Crippen LogP contribution is 2.29. The molecule has 0 saturated heterocycles. The Labute approximate surface area is 124 Å². The molecule has 3 nitrogen and oxygen atoms in total. The summed E-state index contributed by atoms with van der Waals surface area (Å²) >= 11 is 7.40. The van der Waals surface area contributed by atoms with E-state index >= 15 is 0 Å². The van der Waals surface area contributed by atoms with Crippen LogP contribution in [-0.2, 0) is 0 Å². The molecule has 0 bridgehead atoms. The number of thiophene rings is 1. The van der Waals surface area contributed by atoms with Crippen LogP contribution in [0.25, 0.3) is 10.2 Å². The Kier molecular flexibility index (Phi) is 3.54. The molecular weight excluding hydrogens is 297 g/mol. The van der Waals surface area contributed by atoms with Crippen LogP contribution in [-0.4, -0.2) is 9.97 Å². The third-order valence-electron chi connectivity index (χ3n) is 3.02. The number of anilines is 1. The number of nitrogens with zero attached hydrogens (tertiary/aromatic N) is 2. The van der Waals surface area contributed by atoms with E-state index in [9.17, 15) is 4.39 Å². The molecule has 3 aromatic rings. The zero-order valence-corrected chi connectivity index (χ0v) is 12.2. The van der Waals surface area contributed by atoms with Crippen molar-refractivity contribution in [3.8, 4) is 0 Å². The highest BCUT2D eigenvalue weighted by Gasteiger charge is 2.14. The van der Waals surface area contributed by atoms with Crippen LogP contribution in [0.5, 0.6) is 0 Å². The molecule has 0 amide bonds. The van der Waals surface area contributed by atoms with E-state index in [1.165, 1.54) is 17.4 Å². The summed E-state index contributed by atoms with van der Waals surface area (Å²) in [5.41, 5.74) is 0.589. The van der Waals surface area contributed by atoms with E-state index in [1.54, 1.807) is 12.1 Å². The first-order chi connectivity index (χ1) is 9.65. The van der Waals surface area contributed by atoms with Gasteiger partial charge in [0.2, 0.25) is 5.28 Å². The highest BCUT2D eigenvalue weighted by atomic mass is 35.5.